The first-order chi connectivity index (χ1) is 21.7. The molecule has 13 aliphatic rings. The van der Waals surface area contributed by atoms with Gasteiger partial charge in [-0.05, 0) is 215 Å². The van der Waals surface area contributed by atoms with Crippen molar-refractivity contribution >= 4 is 0 Å². The molecule has 12 saturated carbocycles. The van der Waals surface area contributed by atoms with Gasteiger partial charge < -0.3 is 9.47 Å². The van der Waals surface area contributed by atoms with E-state index in [4.69, 9.17) is 9.47 Å². The number of epoxide rings is 1. The number of rotatable bonds is 7. The van der Waals surface area contributed by atoms with Crippen molar-refractivity contribution in [2.45, 2.75) is 158 Å². The Morgan fingerprint density at radius 2 is 0.956 bits per heavy atom. The van der Waals surface area contributed by atoms with Crippen LogP contribution in [0.15, 0.2) is 6.07 Å². The van der Waals surface area contributed by atoms with Gasteiger partial charge in [-0.1, -0.05) is 13.8 Å². The second kappa shape index (κ2) is 9.15. The monoisotopic (exact) mass is 608 g/mol. The lowest BCUT2D eigenvalue weighted by Gasteiger charge is -2.62. The minimum Gasteiger partial charge on any atom is -0.490 e. The molecule has 1 aliphatic heterocycles. The molecule has 12 bridgehead atoms. The highest BCUT2D eigenvalue weighted by Crippen LogP contribution is 2.69. The van der Waals surface area contributed by atoms with Crippen molar-refractivity contribution in [2.75, 3.05) is 13.2 Å². The van der Waals surface area contributed by atoms with Crippen molar-refractivity contribution in [1.29, 1.82) is 0 Å². The van der Waals surface area contributed by atoms with Crippen molar-refractivity contribution in [1.82, 2.24) is 0 Å². The summed E-state index contributed by atoms with van der Waals surface area (Å²) in [5.41, 5.74) is 8.52. The maximum Gasteiger partial charge on any atom is 0.128 e. The molecule has 2 heteroatoms. The summed E-state index contributed by atoms with van der Waals surface area (Å²) in [7, 11) is 0. The standard InChI is InChI=1S/C43H60O2/c1-25(2)43(24-45-43)23-44-37-13-36(40-14-27-4-28(15-40)6-29(5-27)16-40)38(41-17-30-7-31(18-41)9-32(8-30)19-41)26(3)39(37)42-20-33-10-34(21-42)12-35(11-33)22-42/h13,25,27-35H,4-12,14-24H2,1-3H3. The highest BCUT2D eigenvalue weighted by molar-refractivity contribution is 5.59. The Kier molecular flexibility index (Phi) is 5.67. The van der Waals surface area contributed by atoms with E-state index >= 15 is 0 Å². The van der Waals surface area contributed by atoms with Crippen LogP contribution in [0, 0.1) is 66.1 Å². The third-order valence-electron chi connectivity index (χ3n) is 17.3. The minimum atomic E-state index is -0.0634. The fourth-order valence-electron chi connectivity index (χ4n) is 16.8. The Morgan fingerprint density at radius 3 is 1.31 bits per heavy atom. The van der Waals surface area contributed by atoms with Crippen LogP contribution >= 0.6 is 0 Å². The quantitative estimate of drug-likeness (QED) is 0.287. The topological polar surface area (TPSA) is 21.8 Å². The van der Waals surface area contributed by atoms with Crippen molar-refractivity contribution in [3.63, 3.8) is 0 Å². The molecule has 1 atom stereocenters. The summed E-state index contributed by atoms with van der Waals surface area (Å²) in [6.07, 6.45) is 27.1. The maximum absolute atomic E-state index is 7.35. The third-order valence-corrected chi connectivity index (χ3v) is 17.3. The molecular formula is C43H60O2. The van der Waals surface area contributed by atoms with Gasteiger partial charge >= 0.3 is 0 Å². The largest absolute Gasteiger partial charge is 0.490 e. The maximum atomic E-state index is 7.35. The van der Waals surface area contributed by atoms with Crippen LogP contribution in [0.25, 0.3) is 0 Å². The number of ether oxygens (including phenoxy) is 2. The molecule has 244 valence electrons. The molecule has 45 heavy (non-hydrogen) atoms. The summed E-state index contributed by atoms with van der Waals surface area (Å²) in [5, 5.41) is 0. The predicted molar refractivity (Wildman–Crippen MR) is 180 cm³/mol. The number of hydrogen-bond acceptors (Lipinski definition) is 2. The lowest BCUT2D eigenvalue weighted by atomic mass is 9.43. The Bertz CT molecular complexity index is 1300. The van der Waals surface area contributed by atoms with E-state index in [1.165, 1.54) is 102 Å². The first-order valence-electron chi connectivity index (χ1n) is 20.2. The Balaban J connectivity index is 1.13. The van der Waals surface area contributed by atoms with Gasteiger partial charge in [0.15, 0.2) is 0 Å². The molecule has 1 unspecified atom stereocenters. The van der Waals surface area contributed by atoms with Crippen LogP contribution in [-0.2, 0) is 21.0 Å². The zero-order valence-corrected chi connectivity index (χ0v) is 28.8. The van der Waals surface area contributed by atoms with Gasteiger partial charge in [0.05, 0.1) is 6.61 Å². The molecule has 2 nitrogen and oxygen atoms in total. The van der Waals surface area contributed by atoms with Crippen LogP contribution in [-0.4, -0.2) is 18.8 Å². The molecule has 0 radical (unpaired) electrons. The van der Waals surface area contributed by atoms with Gasteiger partial charge in [-0.25, -0.2) is 0 Å². The lowest BCUT2D eigenvalue weighted by Crippen LogP contribution is -2.53. The highest BCUT2D eigenvalue weighted by atomic mass is 16.6. The fourth-order valence-corrected chi connectivity index (χ4v) is 16.8. The third kappa shape index (κ3) is 3.96. The van der Waals surface area contributed by atoms with Crippen molar-refractivity contribution in [3.8, 4) is 5.75 Å². The van der Waals surface area contributed by atoms with E-state index in [-0.39, 0.29) is 5.60 Å². The summed E-state index contributed by atoms with van der Waals surface area (Å²) in [6, 6.07) is 2.83. The van der Waals surface area contributed by atoms with Crippen LogP contribution in [0.4, 0.5) is 0 Å². The molecular weight excluding hydrogens is 548 g/mol. The molecule has 1 saturated heterocycles. The average molecular weight is 609 g/mol. The normalized spacial score (nSPS) is 52.8. The first-order valence-corrected chi connectivity index (χ1v) is 20.2. The van der Waals surface area contributed by atoms with Crippen LogP contribution in [0.3, 0.4) is 0 Å². The molecule has 13 fully saturated rings. The molecule has 0 aromatic heterocycles. The molecule has 12 aliphatic carbocycles. The summed E-state index contributed by atoms with van der Waals surface area (Å²) >= 11 is 0. The number of hydrogen-bond donors (Lipinski definition) is 0. The molecule has 0 amide bonds. The van der Waals surface area contributed by atoms with Crippen LogP contribution in [0.5, 0.6) is 5.75 Å². The summed E-state index contributed by atoms with van der Waals surface area (Å²) in [4.78, 5) is 0. The second-order valence-corrected chi connectivity index (χ2v) is 20.7. The Labute approximate surface area is 273 Å². The molecule has 0 N–H and O–H groups in total. The van der Waals surface area contributed by atoms with Gasteiger partial charge in [-0.2, -0.15) is 0 Å². The van der Waals surface area contributed by atoms with E-state index in [1.807, 2.05) is 11.1 Å². The lowest BCUT2D eigenvalue weighted by molar-refractivity contribution is -0.0192. The van der Waals surface area contributed by atoms with Crippen molar-refractivity contribution in [3.05, 3.63) is 28.3 Å². The molecule has 14 rings (SSSR count). The van der Waals surface area contributed by atoms with E-state index in [2.05, 4.69) is 26.8 Å². The predicted octanol–water partition coefficient (Wildman–Crippen LogP) is 10.2. The molecule has 1 aromatic rings. The van der Waals surface area contributed by atoms with E-state index < -0.39 is 0 Å². The molecule has 1 heterocycles. The van der Waals surface area contributed by atoms with E-state index in [9.17, 15) is 0 Å². The zero-order chi connectivity index (χ0) is 29.9. The summed E-state index contributed by atoms with van der Waals surface area (Å²) < 4.78 is 13.5. The van der Waals surface area contributed by atoms with E-state index in [0.29, 0.717) is 22.2 Å². The number of benzene rings is 1. The fraction of sp³-hybridized carbons (Fsp3) is 0.860. The van der Waals surface area contributed by atoms with E-state index in [0.717, 1.165) is 66.5 Å². The van der Waals surface area contributed by atoms with Gasteiger partial charge in [-0.15, -0.1) is 0 Å². The van der Waals surface area contributed by atoms with Gasteiger partial charge in [0.1, 0.15) is 18.0 Å². The van der Waals surface area contributed by atoms with Crippen molar-refractivity contribution in [2.24, 2.45) is 59.2 Å². The summed E-state index contributed by atoms with van der Waals surface area (Å²) in [5.74, 6) is 10.7. The smallest absolute Gasteiger partial charge is 0.128 e. The van der Waals surface area contributed by atoms with Gasteiger partial charge in [0.2, 0.25) is 0 Å². The van der Waals surface area contributed by atoms with E-state index in [1.54, 1.807) is 30.4 Å². The highest BCUT2D eigenvalue weighted by Gasteiger charge is 2.60. The first kappa shape index (κ1) is 27.9. The molecule has 0 spiro atoms. The minimum absolute atomic E-state index is 0.0634. The Hall–Kier alpha value is -1.02. The van der Waals surface area contributed by atoms with Crippen LogP contribution in [0.2, 0.25) is 0 Å². The SMILES string of the molecule is Cc1c(C23CC4CC(CC(C4)C2)C3)c(OCC2(C(C)C)CO2)cc(C23CC4CC(CC(C4)C2)C3)c1C12CC3CC(CC(C3)C1)C2. The van der Waals surface area contributed by atoms with Gasteiger partial charge in [-0.3, -0.25) is 0 Å². The summed E-state index contributed by atoms with van der Waals surface area (Å²) in [6.45, 7) is 9.01. The van der Waals surface area contributed by atoms with Gasteiger partial charge in [0, 0.05) is 11.0 Å². The zero-order valence-electron chi connectivity index (χ0n) is 28.8. The van der Waals surface area contributed by atoms with Crippen LogP contribution in [0.1, 0.15) is 152 Å². The average Bonchev–Trinajstić information content (AvgIpc) is 3.75. The second-order valence-electron chi connectivity index (χ2n) is 20.7. The Morgan fingerprint density at radius 1 is 0.600 bits per heavy atom. The van der Waals surface area contributed by atoms with Crippen LogP contribution < -0.4 is 4.74 Å². The van der Waals surface area contributed by atoms with Crippen molar-refractivity contribution < 1.29 is 9.47 Å². The van der Waals surface area contributed by atoms with Gasteiger partial charge in [0.25, 0.3) is 0 Å². The molecule has 1 aromatic carbocycles.